The average Bonchev–Trinajstić information content (AvgIpc) is 2.68. The Morgan fingerprint density at radius 1 is 1.43 bits per heavy atom. The largest absolute Gasteiger partial charge is 0.273 e. The lowest BCUT2D eigenvalue weighted by Crippen LogP contribution is -1.92. The molecule has 1 aromatic rings. The van der Waals surface area contributed by atoms with Gasteiger partial charge >= 0.3 is 0 Å². The highest BCUT2D eigenvalue weighted by atomic mass is 32.2. The van der Waals surface area contributed by atoms with Gasteiger partial charge in [0.2, 0.25) is 0 Å². The molecule has 0 amide bonds. The van der Waals surface area contributed by atoms with Crippen LogP contribution in [0.1, 0.15) is 18.0 Å². The van der Waals surface area contributed by atoms with Crippen LogP contribution in [0.2, 0.25) is 0 Å². The maximum atomic E-state index is 8.54. The maximum Gasteiger partial charge on any atom is 0.0853 e. The van der Waals surface area contributed by atoms with Crippen molar-refractivity contribution in [1.82, 2.24) is 0 Å². The van der Waals surface area contributed by atoms with Crippen molar-refractivity contribution in [1.29, 1.82) is 5.26 Å². The minimum absolute atomic E-state index is 0.254. The fraction of sp³-hybridized carbons (Fsp3) is 0.273. The predicted molar refractivity (Wildman–Crippen MR) is 59.3 cm³/mol. The van der Waals surface area contributed by atoms with Gasteiger partial charge in [0.1, 0.15) is 0 Å². The smallest absolute Gasteiger partial charge is 0.0853 e. The standard InChI is InChI=1S/C11H10N2S/c12-7-6-11-13-10(8-14-11)9-4-2-1-3-5-9/h1-5,10H,6,8H2. The first-order valence-electron chi connectivity index (χ1n) is 4.51. The Morgan fingerprint density at radius 3 is 2.93 bits per heavy atom. The molecule has 14 heavy (non-hydrogen) atoms. The molecule has 0 spiro atoms. The minimum atomic E-state index is 0.254. The topological polar surface area (TPSA) is 36.1 Å². The summed E-state index contributed by atoms with van der Waals surface area (Å²) in [5, 5.41) is 9.51. The zero-order valence-corrected chi connectivity index (χ0v) is 8.50. The molecular weight excluding hydrogens is 192 g/mol. The van der Waals surface area contributed by atoms with Gasteiger partial charge in [-0.3, -0.25) is 4.99 Å². The number of aliphatic imine (C=N–C) groups is 1. The van der Waals surface area contributed by atoms with Gasteiger partial charge in [0.05, 0.1) is 23.6 Å². The van der Waals surface area contributed by atoms with Gasteiger partial charge < -0.3 is 0 Å². The van der Waals surface area contributed by atoms with E-state index in [9.17, 15) is 0 Å². The zero-order valence-electron chi connectivity index (χ0n) is 7.68. The van der Waals surface area contributed by atoms with Gasteiger partial charge in [-0.25, -0.2) is 0 Å². The first-order chi connectivity index (χ1) is 6.90. The van der Waals surface area contributed by atoms with Crippen LogP contribution in [0.15, 0.2) is 35.3 Å². The van der Waals surface area contributed by atoms with Crippen molar-refractivity contribution in [3.05, 3.63) is 35.9 Å². The normalized spacial score (nSPS) is 20.2. The second-order valence-corrected chi connectivity index (χ2v) is 4.19. The van der Waals surface area contributed by atoms with Crippen LogP contribution in [0.25, 0.3) is 0 Å². The number of rotatable bonds is 2. The molecule has 0 saturated carbocycles. The van der Waals surface area contributed by atoms with Crippen LogP contribution in [-0.4, -0.2) is 10.8 Å². The van der Waals surface area contributed by atoms with Crippen molar-refractivity contribution in [2.75, 3.05) is 5.75 Å². The molecule has 1 unspecified atom stereocenters. The van der Waals surface area contributed by atoms with Gasteiger partial charge in [0.25, 0.3) is 0 Å². The van der Waals surface area contributed by atoms with E-state index in [1.54, 1.807) is 11.8 Å². The molecule has 0 aromatic heterocycles. The lowest BCUT2D eigenvalue weighted by Gasteiger charge is -2.04. The fourth-order valence-corrected chi connectivity index (χ4v) is 2.42. The Bertz CT molecular complexity index is 378. The third kappa shape index (κ3) is 1.97. The number of nitrogens with zero attached hydrogens (tertiary/aromatic N) is 2. The molecule has 2 nitrogen and oxygen atoms in total. The summed E-state index contributed by atoms with van der Waals surface area (Å²) < 4.78 is 0. The molecule has 1 heterocycles. The summed E-state index contributed by atoms with van der Waals surface area (Å²) >= 11 is 1.70. The van der Waals surface area contributed by atoms with E-state index < -0.39 is 0 Å². The predicted octanol–water partition coefficient (Wildman–Crippen LogP) is 2.79. The number of benzene rings is 1. The van der Waals surface area contributed by atoms with E-state index in [2.05, 4.69) is 23.2 Å². The van der Waals surface area contributed by atoms with E-state index in [1.807, 2.05) is 18.2 Å². The first-order valence-corrected chi connectivity index (χ1v) is 5.50. The molecule has 0 saturated heterocycles. The summed E-state index contributed by atoms with van der Waals surface area (Å²) in [6, 6.07) is 12.6. The van der Waals surface area contributed by atoms with E-state index in [0.29, 0.717) is 6.42 Å². The van der Waals surface area contributed by atoms with Gasteiger partial charge in [-0.05, 0) is 5.56 Å². The van der Waals surface area contributed by atoms with Crippen molar-refractivity contribution in [2.45, 2.75) is 12.5 Å². The zero-order chi connectivity index (χ0) is 9.80. The molecule has 0 radical (unpaired) electrons. The number of nitriles is 1. The molecule has 0 aliphatic carbocycles. The fourth-order valence-electron chi connectivity index (χ4n) is 1.43. The van der Waals surface area contributed by atoms with Gasteiger partial charge in [0.15, 0.2) is 0 Å². The Balaban J connectivity index is 2.13. The minimum Gasteiger partial charge on any atom is -0.273 e. The summed E-state index contributed by atoms with van der Waals surface area (Å²) in [4.78, 5) is 4.51. The highest BCUT2D eigenvalue weighted by Gasteiger charge is 2.18. The van der Waals surface area contributed by atoms with Gasteiger partial charge in [-0.15, -0.1) is 11.8 Å². The highest BCUT2D eigenvalue weighted by Crippen LogP contribution is 2.30. The quantitative estimate of drug-likeness (QED) is 0.739. The van der Waals surface area contributed by atoms with Gasteiger partial charge in [0, 0.05) is 5.75 Å². The highest BCUT2D eigenvalue weighted by molar-refractivity contribution is 8.14. The van der Waals surface area contributed by atoms with E-state index in [0.717, 1.165) is 10.8 Å². The van der Waals surface area contributed by atoms with Crippen LogP contribution < -0.4 is 0 Å². The number of hydrogen-bond acceptors (Lipinski definition) is 3. The van der Waals surface area contributed by atoms with Crippen molar-refractivity contribution in [2.24, 2.45) is 4.99 Å². The van der Waals surface area contributed by atoms with Crippen LogP contribution in [0.4, 0.5) is 0 Å². The third-order valence-electron chi connectivity index (χ3n) is 2.12. The van der Waals surface area contributed by atoms with E-state index in [-0.39, 0.29) is 6.04 Å². The molecule has 1 aliphatic rings. The second-order valence-electron chi connectivity index (χ2n) is 3.10. The summed E-state index contributed by atoms with van der Waals surface area (Å²) in [5.74, 6) is 0.973. The first kappa shape index (κ1) is 9.29. The lowest BCUT2D eigenvalue weighted by atomic mass is 10.1. The van der Waals surface area contributed by atoms with Gasteiger partial charge in [-0.1, -0.05) is 30.3 Å². The van der Waals surface area contributed by atoms with Crippen LogP contribution in [-0.2, 0) is 0 Å². The lowest BCUT2D eigenvalue weighted by molar-refractivity contribution is 0.848. The van der Waals surface area contributed by atoms with Crippen molar-refractivity contribution in [3.63, 3.8) is 0 Å². The van der Waals surface area contributed by atoms with E-state index in [4.69, 9.17) is 5.26 Å². The molecule has 3 heteroatoms. The molecule has 0 bridgehead atoms. The Morgan fingerprint density at radius 2 is 2.21 bits per heavy atom. The van der Waals surface area contributed by atoms with Crippen molar-refractivity contribution in [3.8, 4) is 6.07 Å². The SMILES string of the molecule is N#CCC1=NC(c2ccccc2)CS1. The monoisotopic (exact) mass is 202 g/mol. The maximum absolute atomic E-state index is 8.54. The second kappa shape index (κ2) is 4.30. The van der Waals surface area contributed by atoms with E-state index in [1.165, 1.54) is 5.56 Å². The van der Waals surface area contributed by atoms with Crippen LogP contribution >= 0.6 is 11.8 Å². The number of hydrogen-bond donors (Lipinski definition) is 0. The van der Waals surface area contributed by atoms with Crippen molar-refractivity contribution < 1.29 is 0 Å². The molecule has 1 aromatic carbocycles. The summed E-state index contributed by atoms with van der Waals surface area (Å²) in [5.41, 5.74) is 1.24. The van der Waals surface area contributed by atoms with E-state index >= 15 is 0 Å². The van der Waals surface area contributed by atoms with Crippen LogP contribution in [0.5, 0.6) is 0 Å². The molecule has 0 fully saturated rings. The summed E-state index contributed by atoms with van der Waals surface area (Å²) in [7, 11) is 0. The summed E-state index contributed by atoms with van der Waals surface area (Å²) in [6.45, 7) is 0. The summed E-state index contributed by atoms with van der Waals surface area (Å²) in [6.07, 6.45) is 0.452. The molecule has 0 N–H and O–H groups in total. The van der Waals surface area contributed by atoms with Gasteiger partial charge in [-0.2, -0.15) is 5.26 Å². The Hall–Kier alpha value is -1.27. The molecule has 1 atom stereocenters. The average molecular weight is 202 g/mol. The van der Waals surface area contributed by atoms with Crippen molar-refractivity contribution >= 4 is 16.8 Å². The van der Waals surface area contributed by atoms with Crippen LogP contribution in [0, 0.1) is 11.3 Å². The Kier molecular flexibility index (Phi) is 2.85. The molecule has 2 rings (SSSR count). The third-order valence-corrected chi connectivity index (χ3v) is 3.19. The Labute approximate surface area is 87.7 Å². The van der Waals surface area contributed by atoms with Crippen LogP contribution in [0.3, 0.4) is 0 Å². The molecular formula is C11H10N2S. The molecule has 70 valence electrons. The molecule has 1 aliphatic heterocycles. The number of thioether (sulfide) groups is 1.